The molecule has 0 aliphatic rings. The van der Waals surface area contributed by atoms with Crippen LogP contribution in [-0.2, 0) is 0 Å². The lowest BCUT2D eigenvalue weighted by molar-refractivity contribution is -0.385. The lowest BCUT2D eigenvalue weighted by Crippen LogP contribution is -2.09. The van der Waals surface area contributed by atoms with Crippen molar-refractivity contribution >= 4 is 17.3 Å². The van der Waals surface area contributed by atoms with Crippen LogP contribution in [0.15, 0.2) is 42.5 Å². The van der Waals surface area contributed by atoms with E-state index in [4.69, 9.17) is 21.1 Å². The van der Waals surface area contributed by atoms with Crippen LogP contribution in [0.2, 0.25) is 5.02 Å². The Morgan fingerprint density at radius 3 is 2.38 bits per heavy atom. The average molecular weight is 312 g/mol. The second-order valence-corrected chi connectivity index (χ2v) is 4.46. The van der Waals surface area contributed by atoms with Gasteiger partial charge in [0.05, 0.1) is 11.0 Å². The molecule has 0 atom stereocenters. The summed E-state index contributed by atoms with van der Waals surface area (Å²) in [5.74, 6) is -0.219. The number of hydrogen-bond acceptors (Lipinski definition) is 4. The van der Waals surface area contributed by atoms with Gasteiger partial charge in [-0.05, 0) is 30.3 Å². The van der Waals surface area contributed by atoms with E-state index in [9.17, 15) is 14.5 Å². The van der Waals surface area contributed by atoms with Crippen LogP contribution >= 0.6 is 11.6 Å². The van der Waals surface area contributed by atoms with E-state index in [1.807, 2.05) is 0 Å². The van der Waals surface area contributed by atoms with Crippen molar-refractivity contribution in [3.8, 4) is 11.5 Å². The van der Waals surface area contributed by atoms with Gasteiger partial charge in [0, 0.05) is 11.1 Å². The van der Waals surface area contributed by atoms with E-state index in [-0.39, 0.29) is 24.7 Å². The molecule has 2 aromatic rings. The van der Waals surface area contributed by atoms with Gasteiger partial charge in [-0.2, -0.15) is 0 Å². The van der Waals surface area contributed by atoms with Gasteiger partial charge in [-0.1, -0.05) is 11.6 Å². The summed E-state index contributed by atoms with van der Waals surface area (Å²) in [6, 6.07) is 9.99. The molecule has 0 spiro atoms. The maximum atomic E-state index is 13.5. The average Bonchev–Trinajstić information content (AvgIpc) is 2.46. The van der Waals surface area contributed by atoms with E-state index < -0.39 is 10.7 Å². The Kier molecular flexibility index (Phi) is 4.94. The van der Waals surface area contributed by atoms with E-state index in [1.54, 1.807) is 24.3 Å². The number of benzene rings is 2. The summed E-state index contributed by atoms with van der Waals surface area (Å²) >= 11 is 5.74. The number of nitrogens with zero attached hydrogens (tertiary/aromatic N) is 1. The SMILES string of the molecule is O=[N+]([O-])c1ccc(OCCOc2ccc(Cl)cc2)c(F)c1. The molecule has 2 rings (SSSR count). The van der Waals surface area contributed by atoms with Crippen LogP contribution in [0.5, 0.6) is 11.5 Å². The normalized spacial score (nSPS) is 10.2. The molecular formula is C14H11ClFNO4. The van der Waals surface area contributed by atoms with Crippen LogP contribution in [0.1, 0.15) is 0 Å². The minimum Gasteiger partial charge on any atom is -0.490 e. The standard InChI is InChI=1S/C14H11ClFNO4/c15-10-1-4-12(5-2-10)20-7-8-21-14-6-3-11(17(18)19)9-13(14)16/h1-6,9H,7-8H2. The van der Waals surface area contributed by atoms with E-state index in [1.165, 1.54) is 12.1 Å². The van der Waals surface area contributed by atoms with Gasteiger partial charge in [-0.3, -0.25) is 10.1 Å². The molecular weight excluding hydrogens is 301 g/mol. The first-order chi connectivity index (χ1) is 10.1. The van der Waals surface area contributed by atoms with Crippen LogP contribution in [0, 0.1) is 15.9 Å². The number of ether oxygens (including phenoxy) is 2. The molecule has 0 bridgehead atoms. The first kappa shape index (κ1) is 15.1. The van der Waals surface area contributed by atoms with Gasteiger partial charge >= 0.3 is 0 Å². The molecule has 0 saturated heterocycles. The van der Waals surface area contributed by atoms with Crippen LogP contribution in [-0.4, -0.2) is 18.1 Å². The topological polar surface area (TPSA) is 61.6 Å². The second kappa shape index (κ2) is 6.90. The monoisotopic (exact) mass is 311 g/mol. The number of nitro groups is 1. The third-order valence-corrected chi connectivity index (χ3v) is 2.80. The zero-order valence-electron chi connectivity index (χ0n) is 10.8. The van der Waals surface area contributed by atoms with Crippen LogP contribution < -0.4 is 9.47 Å². The third kappa shape index (κ3) is 4.32. The molecule has 0 unspecified atom stereocenters. The Balaban J connectivity index is 1.83. The number of nitro benzene ring substituents is 1. The first-order valence-electron chi connectivity index (χ1n) is 6.01. The lowest BCUT2D eigenvalue weighted by atomic mass is 10.3. The first-order valence-corrected chi connectivity index (χ1v) is 6.39. The summed E-state index contributed by atoms with van der Waals surface area (Å²) in [5, 5.41) is 11.1. The minimum absolute atomic E-state index is 0.0553. The molecule has 2 aromatic carbocycles. The Labute approximate surface area is 125 Å². The second-order valence-electron chi connectivity index (χ2n) is 4.02. The van der Waals surface area contributed by atoms with Gasteiger partial charge in [0.25, 0.3) is 5.69 Å². The van der Waals surface area contributed by atoms with Crippen molar-refractivity contribution in [2.24, 2.45) is 0 Å². The van der Waals surface area contributed by atoms with Crippen LogP contribution in [0.25, 0.3) is 0 Å². The van der Waals surface area contributed by atoms with Gasteiger partial charge in [0.2, 0.25) is 0 Å². The fourth-order valence-electron chi connectivity index (χ4n) is 1.56. The molecule has 0 aliphatic heterocycles. The number of halogens is 2. The van der Waals surface area contributed by atoms with Crippen molar-refractivity contribution in [3.05, 3.63) is 63.4 Å². The zero-order chi connectivity index (χ0) is 15.2. The predicted molar refractivity (Wildman–Crippen MR) is 75.5 cm³/mol. The van der Waals surface area contributed by atoms with Crippen LogP contribution in [0.4, 0.5) is 10.1 Å². The Morgan fingerprint density at radius 1 is 1.10 bits per heavy atom. The zero-order valence-corrected chi connectivity index (χ0v) is 11.5. The molecule has 21 heavy (non-hydrogen) atoms. The van der Waals surface area contributed by atoms with Crippen molar-refractivity contribution in [1.29, 1.82) is 0 Å². The lowest BCUT2D eigenvalue weighted by Gasteiger charge is -2.09. The van der Waals surface area contributed by atoms with Crippen LogP contribution in [0.3, 0.4) is 0 Å². The van der Waals surface area contributed by atoms with Gasteiger partial charge in [0.1, 0.15) is 19.0 Å². The molecule has 0 fully saturated rings. The highest BCUT2D eigenvalue weighted by atomic mass is 35.5. The molecule has 5 nitrogen and oxygen atoms in total. The van der Waals surface area contributed by atoms with Crippen molar-refractivity contribution in [2.45, 2.75) is 0 Å². The van der Waals surface area contributed by atoms with Crippen molar-refractivity contribution < 1.29 is 18.8 Å². The Morgan fingerprint density at radius 2 is 1.76 bits per heavy atom. The predicted octanol–water partition coefficient (Wildman–Crippen LogP) is 3.85. The number of hydrogen-bond donors (Lipinski definition) is 0. The van der Waals surface area contributed by atoms with E-state index >= 15 is 0 Å². The fraction of sp³-hybridized carbons (Fsp3) is 0.143. The quantitative estimate of drug-likeness (QED) is 0.462. The summed E-state index contributed by atoms with van der Waals surface area (Å²) in [4.78, 5) is 9.80. The summed E-state index contributed by atoms with van der Waals surface area (Å²) in [6.45, 7) is 0.315. The number of rotatable bonds is 6. The van der Waals surface area contributed by atoms with Crippen molar-refractivity contribution in [2.75, 3.05) is 13.2 Å². The molecule has 0 aliphatic carbocycles. The highest BCUT2D eigenvalue weighted by molar-refractivity contribution is 6.30. The van der Waals surface area contributed by atoms with E-state index in [2.05, 4.69) is 0 Å². The Bertz CT molecular complexity index is 633. The summed E-state index contributed by atoms with van der Waals surface area (Å²) in [5.41, 5.74) is -0.322. The van der Waals surface area contributed by atoms with Gasteiger partial charge < -0.3 is 9.47 Å². The van der Waals surface area contributed by atoms with E-state index in [0.717, 1.165) is 6.07 Å². The molecule has 0 N–H and O–H groups in total. The maximum absolute atomic E-state index is 13.5. The smallest absolute Gasteiger partial charge is 0.272 e. The molecule has 0 aromatic heterocycles. The summed E-state index contributed by atoms with van der Waals surface area (Å²) in [6.07, 6.45) is 0. The maximum Gasteiger partial charge on any atom is 0.272 e. The van der Waals surface area contributed by atoms with Gasteiger partial charge in [-0.25, -0.2) is 4.39 Å². The summed E-state index contributed by atoms with van der Waals surface area (Å²) in [7, 11) is 0. The molecule has 7 heteroatoms. The highest BCUT2D eigenvalue weighted by Gasteiger charge is 2.11. The van der Waals surface area contributed by atoms with Gasteiger partial charge in [0.15, 0.2) is 11.6 Å². The third-order valence-electron chi connectivity index (χ3n) is 2.55. The summed E-state index contributed by atoms with van der Waals surface area (Å²) < 4.78 is 24.1. The van der Waals surface area contributed by atoms with Crippen molar-refractivity contribution in [3.63, 3.8) is 0 Å². The molecule has 0 amide bonds. The minimum atomic E-state index is -0.782. The van der Waals surface area contributed by atoms with Gasteiger partial charge in [-0.15, -0.1) is 0 Å². The number of non-ortho nitro benzene ring substituents is 1. The molecule has 0 heterocycles. The van der Waals surface area contributed by atoms with Crippen molar-refractivity contribution in [1.82, 2.24) is 0 Å². The Hall–Kier alpha value is -2.34. The van der Waals surface area contributed by atoms with E-state index in [0.29, 0.717) is 10.8 Å². The molecule has 0 saturated carbocycles. The highest BCUT2D eigenvalue weighted by Crippen LogP contribution is 2.22. The largest absolute Gasteiger partial charge is 0.490 e. The molecule has 0 radical (unpaired) electrons. The fourth-order valence-corrected chi connectivity index (χ4v) is 1.69. The molecule has 110 valence electrons.